The standard InChI is InChI=1S/C19H17NO4/c1-20-16(12-8-10-14(24-2)11-9-12)15(18(22)19(20)23)17(21)13-6-4-3-5-7-13/h3-11,16,21H,1-2H3. The van der Waals surface area contributed by atoms with Gasteiger partial charge in [0.2, 0.25) is 0 Å². The Bertz CT molecular complexity index is 809. The number of hydrogen-bond donors (Lipinski definition) is 1. The third-order valence-electron chi connectivity index (χ3n) is 4.15. The van der Waals surface area contributed by atoms with Gasteiger partial charge in [-0.25, -0.2) is 0 Å². The number of ether oxygens (including phenoxy) is 1. The summed E-state index contributed by atoms with van der Waals surface area (Å²) in [5, 5.41) is 10.6. The number of carbonyl (C=O) groups is 2. The topological polar surface area (TPSA) is 66.8 Å². The summed E-state index contributed by atoms with van der Waals surface area (Å²) >= 11 is 0. The normalized spacial score (nSPS) is 19.6. The number of aliphatic hydroxyl groups excluding tert-OH is 1. The Morgan fingerprint density at radius 2 is 1.67 bits per heavy atom. The summed E-state index contributed by atoms with van der Waals surface area (Å²) < 4.78 is 5.14. The number of aliphatic hydroxyl groups is 1. The molecule has 1 fully saturated rings. The highest BCUT2D eigenvalue weighted by molar-refractivity contribution is 6.46. The molecule has 0 aromatic heterocycles. The third-order valence-corrected chi connectivity index (χ3v) is 4.15. The average molecular weight is 323 g/mol. The molecule has 0 radical (unpaired) electrons. The molecule has 5 heteroatoms. The van der Waals surface area contributed by atoms with E-state index < -0.39 is 17.7 Å². The number of amides is 1. The van der Waals surface area contributed by atoms with E-state index in [1.54, 1.807) is 62.7 Å². The summed E-state index contributed by atoms with van der Waals surface area (Å²) in [7, 11) is 3.12. The molecule has 1 aliphatic rings. The molecule has 5 nitrogen and oxygen atoms in total. The Kier molecular flexibility index (Phi) is 4.08. The van der Waals surface area contributed by atoms with Crippen LogP contribution in [0.1, 0.15) is 17.2 Å². The van der Waals surface area contributed by atoms with Crippen molar-refractivity contribution < 1.29 is 19.4 Å². The molecule has 1 N–H and O–H groups in total. The number of Topliss-reactive ketones (excluding diaryl/α,β-unsaturated/α-hetero) is 1. The lowest BCUT2D eigenvalue weighted by atomic mass is 9.95. The maximum Gasteiger partial charge on any atom is 0.295 e. The highest BCUT2D eigenvalue weighted by Gasteiger charge is 2.44. The van der Waals surface area contributed by atoms with Gasteiger partial charge in [0.05, 0.1) is 18.7 Å². The largest absolute Gasteiger partial charge is 0.507 e. The van der Waals surface area contributed by atoms with Crippen LogP contribution in [0, 0.1) is 0 Å². The van der Waals surface area contributed by atoms with Crippen molar-refractivity contribution in [2.45, 2.75) is 6.04 Å². The van der Waals surface area contributed by atoms with Gasteiger partial charge in [0, 0.05) is 12.6 Å². The zero-order valence-electron chi connectivity index (χ0n) is 13.4. The second-order valence-electron chi connectivity index (χ2n) is 5.55. The van der Waals surface area contributed by atoms with Crippen molar-refractivity contribution in [2.75, 3.05) is 14.2 Å². The van der Waals surface area contributed by atoms with E-state index in [-0.39, 0.29) is 11.3 Å². The maximum atomic E-state index is 12.4. The molecule has 0 spiro atoms. The van der Waals surface area contributed by atoms with Crippen molar-refractivity contribution in [3.05, 3.63) is 71.3 Å². The number of hydrogen-bond acceptors (Lipinski definition) is 4. The Morgan fingerprint density at radius 3 is 2.25 bits per heavy atom. The smallest absolute Gasteiger partial charge is 0.295 e. The quantitative estimate of drug-likeness (QED) is 0.536. The number of benzene rings is 2. The van der Waals surface area contributed by atoms with Crippen LogP contribution in [0.5, 0.6) is 5.75 Å². The van der Waals surface area contributed by atoms with Crippen molar-refractivity contribution in [1.82, 2.24) is 4.90 Å². The Labute approximate surface area is 139 Å². The molecule has 122 valence electrons. The number of methoxy groups -OCH3 is 1. The number of likely N-dealkylation sites (tertiary alicyclic amines) is 1. The summed E-state index contributed by atoms with van der Waals surface area (Å²) in [6.45, 7) is 0. The first-order valence-corrected chi connectivity index (χ1v) is 7.48. The van der Waals surface area contributed by atoms with Gasteiger partial charge in [0.25, 0.3) is 11.7 Å². The van der Waals surface area contributed by atoms with Crippen molar-refractivity contribution >= 4 is 17.4 Å². The molecule has 1 saturated heterocycles. The number of rotatable bonds is 3. The fourth-order valence-corrected chi connectivity index (χ4v) is 2.88. The van der Waals surface area contributed by atoms with E-state index in [1.807, 2.05) is 6.07 Å². The Hall–Kier alpha value is -3.08. The zero-order chi connectivity index (χ0) is 17.3. The van der Waals surface area contributed by atoms with Crippen molar-refractivity contribution in [3.63, 3.8) is 0 Å². The van der Waals surface area contributed by atoms with Crippen LogP contribution >= 0.6 is 0 Å². The molecule has 2 aromatic carbocycles. The van der Waals surface area contributed by atoms with Gasteiger partial charge in [-0.05, 0) is 17.7 Å². The van der Waals surface area contributed by atoms with Crippen molar-refractivity contribution in [2.24, 2.45) is 0 Å². The first-order valence-electron chi connectivity index (χ1n) is 7.48. The molecular formula is C19H17NO4. The fourth-order valence-electron chi connectivity index (χ4n) is 2.88. The van der Waals surface area contributed by atoms with Gasteiger partial charge in [-0.15, -0.1) is 0 Å². The van der Waals surface area contributed by atoms with Gasteiger partial charge < -0.3 is 14.7 Å². The molecule has 1 heterocycles. The number of carbonyl (C=O) groups excluding carboxylic acids is 2. The predicted molar refractivity (Wildman–Crippen MR) is 89.5 cm³/mol. The van der Waals surface area contributed by atoms with Gasteiger partial charge in [-0.1, -0.05) is 42.5 Å². The Morgan fingerprint density at radius 1 is 1.04 bits per heavy atom. The number of ketones is 1. The molecular weight excluding hydrogens is 306 g/mol. The highest BCUT2D eigenvalue weighted by Crippen LogP contribution is 2.38. The van der Waals surface area contributed by atoms with E-state index in [0.717, 1.165) is 5.56 Å². The first-order chi connectivity index (χ1) is 11.5. The molecule has 1 unspecified atom stereocenters. The van der Waals surface area contributed by atoms with E-state index in [9.17, 15) is 14.7 Å². The lowest BCUT2D eigenvalue weighted by Gasteiger charge is -2.21. The lowest BCUT2D eigenvalue weighted by Crippen LogP contribution is -2.24. The summed E-state index contributed by atoms with van der Waals surface area (Å²) in [6.07, 6.45) is 0. The summed E-state index contributed by atoms with van der Waals surface area (Å²) in [4.78, 5) is 25.9. The van der Waals surface area contributed by atoms with Gasteiger partial charge >= 0.3 is 0 Å². The Balaban J connectivity index is 2.13. The van der Waals surface area contributed by atoms with E-state index in [1.165, 1.54) is 4.90 Å². The van der Waals surface area contributed by atoms with E-state index in [0.29, 0.717) is 11.3 Å². The molecule has 0 aliphatic carbocycles. The van der Waals surface area contributed by atoms with Crippen LogP contribution in [-0.2, 0) is 9.59 Å². The SMILES string of the molecule is COc1ccc(C2C(=C(O)c3ccccc3)C(=O)C(=O)N2C)cc1. The molecule has 1 aliphatic heterocycles. The van der Waals surface area contributed by atoms with E-state index in [4.69, 9.17) is 4.74 Å². The van der Waals surface area contributed by atoms with Crippen molar-refractivity contribution in [1.29, 1.82) is 0 Å². The lowest BCUT2D eigenvalue weighted by molar-refractivity contribution is -0.139. The van der Waals surface area contributed by atoms with Crippen molar-refractivity contribution in [3.8, 4) is 5.75 Å². The van der Waals surface area contributed by atoms with E-state index in [2.05, 4.69) is 0 Å². The number of likely N-dealkylation sites (N-methyl/N-ethyl adjacent to an activating group) is 1. The average Bonchev–Trinajstić information content (AvgIpc) is 2.86. The summed E-state index contributed by atoms with van der Waals surface area (Å²) in [6, 6.07) is 15.2. The predicted octanol–water partition coefficient (Wildman–Crippen LogP) is 2.75. The fraction of sp³-hybridized carbons (Fsp3) is 0.158. The maximum absolute atomic E-state index is 12.4. The third kappa shape index (κ3) is 2.54. The number of nitrogens with zero attached hydrogens (tertiary/aromatic N) is 1. The second-order valence-corrected chi connectivity index (χ2v) is 5.55. The van der Waals surface area contributed by atoms with E-state index >= 15 is 0 Å². The molecule has 2 aromatic rings. The van der Waals surface area contributed by atoms with Crippen LogP contribution in [0.25, 0.3) is 5.76 Å². The molecule has 24 heavy (non-hydrogen) atoms. The first kappa shape index (κ1) is 15.8. The van der Waals surface area contributed by atoms with Crippen LogP contribution < -0.4 is 4.74 Å². The van der Waals surface area contributed by atoms with Gasteiger partial charge in [0.1, 0.15) is 11.5 Å². The zero-order valence-corrected chi connectivity index (χ0v) is 13.4. The summed E-state index contributed by atoms with van der Waals surface area (Å²) in [5.41, 5.74) is 1.33. The molecule has 1 amide bonds. The molecule has 0 bridgehead atoms. The molecule has 1 atom stereocenters. The molecule has 3 rings (SSSR count). The van der Waals surface area contributed by atoms with Gasteiger partial charge in [-0.2, -0.15) is 0 Å². The monoisotopic (exact) mass is 323 g/mol. The highest BCUT2D eigenvalue weighted by atomic mass is 16.5. The summed E-state index contributed by atoms with van der Waals surface area (Å²) in [5.74, 6) is -0.804. The minimum absolute atomic E-state index is 0.0962. The molecule has 0 saturated carbocycles. The van der Waals surface area contributed by atoms with Crippen LogP contribution in [0.2, 0.25) is 0 Å². The van der Waals surface area contributed by atoms with Crippen LogP contribution in [0.4, 0.5) is 0 Å². The van der Waals surface area contributed by atoms with Gasteiger partial charge in [0.15, 0.2) is 0 Å². The van der Waals surface area contributed by atoms with Crippen LogP contribution in [-0.4, -0.2) is 35.9 Å². The van der Waals surface area contributed by atoms with Crippen LogP contribution in [0.15, 0.2) is 60.2 Å². The minimum atomic E-state index is -0.681. The van der Waals surface area contributed by atoms with Crippen LogP contribution in [0.3, 0.4) is 0 Å². The van der Waals surface area contributed by atoms with Gasteiger partial charge in [-0.3, -0.25) is 9.59 Å². The minimum Gasteiger partial charge on any atom is -0.507 e. The second kappa shape index (κ2) is 6.20.